The summed E-state index contributed by atoms with van der Waals surface area (Å²) in [4.78, 5) is 0. The zero-order chi connectivity index (χ0) is 8.55. The molecule has 2 bridgehead atoms. The molecular formula is C9H7ClFN. The molecule has 0 saturated heterocycles. The van der Waals surface area contributed by atoms with Crippen molar-refractivity contribution in [2.24, 2.45) is 0 Å². The number of rotatable bonds is 0. The second-order valence-corrected chi connectivity index (χ2v) is 3.11. The quantitative estimate of drug-likeness (QED) is 0.609. The van der Waals surface area contributed by atoms with Crippen LogP contribution in [0.4, 0.5) is 4.39 Å². The fourth-order valence-electron chi connectivity index (χ4n) is 1.22. The van der Waals surface area contributed by atoms with Gasteiger partial charge in [0.1, 0.15) is 5.83 Å². The minimum Gasteiger partial charge on any atom is -0.365 e. The van der Waals surface area contributed by atoms with Crippen LogP contribution in [0.3, 0.4) is 0 Å². The molecule has 0 spiro atoms. The molecule has 0 amide bonds. The maximum atomic E-state index is 13.3. The highest BCUT2D eigenvalue weighted by molar-refractivity contribution is 6.32. The zero-order valence-electron chi connectivity index (χ0n) is 6.27. The molecular weight excluding hydrogens is 177 g/mol. The average molecular weight is 184 g/mol. The predicted molar refractivity (Wildman–Crippen MR) is 47.0 cm³/mol. The normalized spacial score (nSPS) is 21.2. The van der Waals surface area contributed by atoms with Gasteiger partial charge in [0.25, 0.3) is 0 Å². The highest BCUT2D eigenvalue weighted by Gasteiger charge is 2.14. The number of hydrogen-bond acceptors (Lipinski definition) is 1. The molecule has 2 aliphatic rings. The van der Waals surface area contributed by atoms with E-state index in [1.165, 1.54) is 0 Å². The van der Waals surface area contributed by atoms with Crippen LogP contribution in [0.1, 0.15) is 6.42 Å². The van der Waals surface area contributed by atoms with E-state index < -0.39 is 0 Å². The molecule has 62 valence electrons. The fraction of sp³-hybridized carbons (Fsp3) is 0.111. The summed E-state index contributed by atoms with van der Waals surface area (Å²) in [6.07, 6.45) is 7.37. The van der Waals surface area contributed by atoms with Gasteiger partial charge in [-0.2, -0.15) is 0 Å². The molecule has 0 unspecified atom stereocenters. The topological polar surface area (TPSA) is 12.0 Å². The van der Waals surface area contributed by atoms with Crippen molar-refractivity contribution in [3.8, 4) is 0 Å². The van der Waals surface area contributed by atoms with E-state index in [-0.39, 0.29) is 10.9 Å². The van der Waals surface area contributed by atoms with E-state index in [1.54, 1.807) is 24.4 Å². The van der Waals surface area contributed by atoms with Crippen molar-refractivity contribution in [1.82, 2.24) is 5.32 Å². The molecule has 3 heteroatoms. The molecule has 0 atom stereocenters. The predicted octanol–water partition coefficient (Wildman–Crippen LogP) is 2.74. The van der Waals surface area contributed by atoms with Gasteiger partial charge in [0.2, 0.25) is 0 Å². The van der Waals surface area contributed by atoms with E-state index in [0.29, 0.717) is 12.0 Å². The minimum absolute atomic E-state index is 0.174. The van der Waals surface area contributed by atoms with E-state index >= 15 is 0 Å². The van der Waals surface area contributed by atoms with Crippen molar-refractivity contribution < 1.29 is 4.39 Å². The van der Waals surface area contributed by atoms with E-state index in [2.05, 4.69) is 5.32 Å². The second kappa shape index (κ2) is 2.79. The van der Waals surface area contributed by atoms with Gasteiger partial charge in [0, 0.05) is 18.3 Å². The van der Waals surface area contributed by atoms with Crippen LogP contribution < -0.4 is 5.32 Å². The lowest BCUT2D eigenvalue weighted by atomic mass is 10.1. The summed E-state index contributed by atoms with van der Waals surface area (Å²) < 4.78 is 13.3. The molecule has 0 aromatic carbocycles. The lowest BCUT2D eigenvalue weighted by Crippen LogP contribution is -2.09. The number of hydrogen-bond donors (Lipinski definition) is 1. The summed E-state index contributed by atoms with van der Waals surface area (Å²) in [5, 5.41) is 3.18. The van der Waals surface area contributed by atoms with Crippen LogP contribution in [0.25, 0.3) is 0 Å². The zero-order valence-corrected chi connectivity index (χ0v) is 7.03. The van der Waals surface area contributed by atoms with Gasteiger partial charge in [-0.25, -0.2) is 4.39 Å². The maximum absolute atomic E-state index is 13.3. The summed E-state index contributed by atoms with van der Waals surface area (Å²) in [6.45, 7) is 0. The molecule has 1 aliphatic heterocycles. The summed E-state index contributed by atoms with van der Waals surface area (Å²) in [6, 6.07) is 0. The van der Waals surface area contributed by atoms with Gasteiger partial charge in [-0.15, -0.1) is 0 Å². The Morgan fingerprint density at radius 2 is 2.25 bits per heavy atom. The Labute approximate surface area is 74.9 Å². The highest BCUT2D eigenvalue weighted by atomic mass is 35.5. The van der Waals surface area contributed by atoms with Crippen molar-refractivity contribution in [2.75, 3.05) is 0 Å². The Balaban J connectivity index is 2.55. The van der Waals surface area contributed by atoms with Crippen LogP contribution in [-0.4, -0.2) is 0 Å². The van der Waals surface area contributed by atoms with Crippen molar-refractivity contribution in [3.63, 3.8) is 0 Å². The molecule has 1 heterocycles. The monoisotopic (exact) mass is 183 g/mol. The van der Waals surface area contributed by atoms with E-state index in [1.807, 2.05) is 0 Å². The third-order valence-corrected chi connectivity index (χ3v) is 2.15. The third-order valence-electron chi connectivity index (χ3n) is 1.86. The van der Waals surface area contributed by atoms with Crippen molar-refractivity contribution >= 4 is 11.6 Å². The number of halogens is 2. The maximum Gasteiger partial charge on any atom is 0.145 e. The lowest BCUT2D eigenvalue weighted by Gasteiger charge is -2.12. The number of fused-ring (bicyclic) bond motifs is 2. The molecule has 0 fully saturated rings. The van der Waals surface area contributed by atoms with E-state index in [4.69, 9.17) is 11.6 Å². The van der Waals surface area contributed by atoms with Crippen molar-refractivity contribution in [1.29, 1.82) is 0 Å². The van der Waals surface area contributed by atoms with E-state index in [9.17, 15) is 4.39 Å². The first-order valence-corrected chi connectivity index (χ1v) is 4.03. The Kier molecular flexibility index (Phi) is 1.77. The van der Waals surface area contributed by atoms with Crippen LogP contribution in [-0.2, 0) is 0 Å². The number of nitrogens with one attached hydrogen (secondary N) is 1. The number of allylic oxidation sites excluding steroid dienone is 6. The molecule has 0 radical (unpaired) electrons. The summed E-state index contributed by atoms with van der Waals surface area (Å²) in [7, 11) is 0. The molecule has 1 aliphatic carbocycles. The third kappa shape index (κ3) is 1.18. The Hall–Kier alpha value is -1.02. The first-order chi connectivity index (χ1) is 5.77. The van der Waals surface area contributed by atoms with Crippen molar-refractivity contribution in [2.45, 2.75) is 6.42 Å². The standard InChI is InChI=1S/C9H7ClFN/c10-8-2-1-7-5-6(9(8)11)3-4-12-7/h1-4,12H,5H2. The summed E-state index contributed by atoms with van der Waals surface area (Å²) in [5.74, 6) is -0.319. The van der Waals surface area contributed by atoms with Crippen LogP contribution >= 0.6 is 11.6 Å². The molecule has 0 aromatic rings. The Bertz CT molecular complexity index is 336. The molecule has 1 N–H and O–H groups in total. The second-order valence-electron chi connectivity index (χ2n) is 2.70. The first kappa shape index (κ1) is 7.62. The van der Waals surface area contributed by atoms with Gasteiger partial charge < -0.3 is 5.32 Å². The fourth-order valence-corrected chi connectivity index (χ4v) is 1.41. The molecule has 2 rings (SSSR count). The Morgan fingerprint density at radius 3 is 3.08 bits per heavy atom. The van der Waals surface area contributed by atoms with Crippen LogP contribution in [0.5, 0.6) is 0 Å². The van der Waals surface area contributed by atoms with Crippen LogP contribution in [0, 0.1) is 0 Å². The van der Waals surface area contributed by atoms with Gasteiger partial charge in [0.15, 0.2) is 0 Å². The smallest absolute Gasteiger partial charge is 0.145 e. The average Bonchev–Trinajstić information content (AvgIpc) is 2.20. The largest absolute Gasteiger partial charge is 0.365 e. The van der Waals surface area contributed by atoms with Gasteiger partial charge in [-0.05, 0) is 23.8 Å². The van der Waals surface area contributed by atoms with Gasteiger partial charge in [0.05, 0.1) is 5.03 Å². The minimum atomic E-state index is -0.319. The van der Waals surface area contributed by atoms with Crippen LogP contribution in [0.15, 0.2) is 46.6 Å². The first-order valence-electron chi connectivity index (χ1n) is 3.66. The molecule has 0 aromatic heterocycles. The van der Waals surface area contributed by atoms with Gasteiger partial charge >= 0.3 is 0 Å². The van der Waals surface area contributed by atoms with Gasteiger partial charge in [-0.1, -0.05) is 11.6 Å². The highest BCUT2D eigenvalue weighted by Crippen LogP contribution is 2.29. The Morgan fingerprint density at radius 1 is 1.42 bits per heavy atom. The van der Waals surface area contributed by atoms with E-state index in [0.717, 1.165) is 5.70 Å². The van der Waals surface area contributed by atoms with Crippen LogP contribution in [0.2, 0.25) is 0 Å². The van der Waals surface area contributed by atoms with Gasteiger partial charge in [-0.3, -0.25) is 0 Å². The summed E-state index contributed by atoms with van der Waals surface area (Å²) in [5.41, 5.74) is 1.61. The molecule has 1 nitrogen and oxygen atoms in total. The SMILES string of the molecule is FC1=C2C=CNC(=CC=C1Cl)C2. The van der Waals surface area contributed by atoms with Crippen molar-refractivity contribution in [3.05, 3.63) is 46.6 Å². The summed E-state index contributed by atoms with van der Waals surface area (Å²) >= 11 is 5.66. The lowest BCUT2D eigenvalue weighted by molar-refractivity contribution is 0.647. The molecule has 12 heavy (non-hydrogen) atoms. The molecule has 0 saturated carbocycles.